The first kappa shape index (κ1) is 21.1. The highest BCUT2D eigenvalue weighted by Crippen LogP contribution is 2.32. The van der Waals surface area contributed by atoms with E-state index in [-0.39, 0.29) is 11.8 Å². The lowest BCUT2D eigenvalue weighted by Gasteiger charge is -2.31. The first-order valence-electron chi connectivity index (χ1n) is 10.5. The Balaban J connectivity index is 1.59. The molecule has 1 fully saturated rings. The van der Waals surface area contributed by atoms with Crippen LogP contribution >= 0.6 is 0 Å². The Morgan fingerprint density at radius 3 is 2.17 bits per heavy atom. The molecular weight excluding hydrogens is 366 g/mol. The minimum absolute atomic E-state index is 0.0285. The maximum atomic E-state index is 12.8. The Morgan fingerprint density at radius 1 is 1.03 bits per heavy atom. The fourth-order valence-electron chi connectivity index (χ4n) is 3.86. The molecule has 2 N–H and O–H groups in total. The Morgan fingerprint density at radius 2 is 1.66 bits per heavy atom. The van der Waals surface area contributed by atoms with Crippen LogP contribution in [0.15, 0.2) is 41.0 Å². The highest BCUT2D eigenvalue weighted by molar-refractivity contribution is 5.93. The second-order valence-electron chi connectivity index (χ2n) is 8.37. The number of amides is 2. The van der Waals surface area contributed by atoms with E-state index in [0.717, 1.165) is 18.8 Å². The van der Waals surface area contributed by atoms with Gasteiger partial charge in [-0.25, -0.2) is 0 Å². The second kappa shape index (κ2) is 9.27. The van der Waals surface area contributed by atoms with E-state index in [4.69, 9.17) is 4.42 Å². The molecule has 1 aromatic heterocycles. The van der Waals surface area contributed by atoms with Crippen molar-refractivity contribution < 1.29 is 18.9 Å². The fourth-order valence-corrected chi connectivity index (χ4v) is 3.86. The van der Waals surface area contributed by atoms with E-state index in [1.807, 2.05) is 0 Å². The van der Waals surface area contributed by atoms with Gasteiger partial charge < -0.3 is 19.5 Å². The molecule has 1 aliphatic rings. The van der Waals surface area contributed by atoms with E-state index < -0.39 is 0 Å². The zero-order chi connectivity index (χ0) is 21.0. The van der Waals surface area contributed by atoms with Crippen LogP contribution in [0.4, 0.5) is 5.69 Å². The van der Waals surface area contributed by atoms with Gasteiger partial charge in [0.2, 0.25) is 0 Å². The van der Waals surface area contributed by atoms with E-state index in [1.54, 1.807) is 17.0 Å². The zero-order valence-corrected chi connectivity index (χ0v) is 17.8. The predicted molar refractivity (Wildman–Crippen MR) is 113 cm³/mol. The van der Waals surface area contributed by atoms with Crippen LogP contribution in [0.1, 0.15) is 61.2 Å². The maximum absolute atomic E-state index is 12.8. The number of furan rings is 1. The monoisotopic (exact) mass is 398 g/mol. The summed E-state index contributed by atoms with van der Waals surface area (Å²) in [7, 11) is 0. The molecule has 0 aliphatic carbocycles. The van der Waals surface area contributed by atoms with Gasteiger partial charge in [0.1, 0.15) is 0 Å². The van der Waals surface area contributed by atoms with Crippen molar-refractivity contribution in [2.24, 2.45) is 0 Å². The van der Waals surface area contributed by atoms with Gasteiger partial charge in [0.05, 0.1) is 32.4 Å². The van der Waals surface area contributed by atoms with Gasteiger partial charge in [0.25, 0.3) is 11.8 Å². The molecule has 6 heteroatoms. The Hall–Kier alpha value is -2.60. The fraction of sp³-hybridized carbons (Fsp3) is 0.478. The number of piperazine rings is 1. The van der Waals surface area contributed by atoms with Gasteiger partial charge in [-0.05, 0) is 35.1 Å². The van der Waals surface area contributed by atoms with Gasteiger partial charge in [-0.3, -0.25) is 9.59 Å². The van der Waals surface area contributed by atoms with Crippen molar-refractivity contribution in [3.8, 4) is 0 Å². The third-order valence-electron chi connectivity index (χ3n) is 5.54. The minimum Gasteiger partial charge on any atom is -0.459 e. The summed E-state index contributed by atoms with van der Waals surface area (Å²) in [6, 6.07) is 9.67. The van der Waals surface area contributed by atoms with E-state index >= 15 is 0 Å². The molecule has 1 saturated heterocycles. The lowest BCUT2D eigenvalue weighted by atomic mass is 9.92. The highest BCUT2D eigenvalue weighted by Gasteiger charge is 2.27. The molecule has 6 nitrogen and oxygen atoms in total. The number of hydrogen-bond acceptors (Lipinski definition) is 3. The number of quaternary nitrogens is 1. The van der Waals surface area contributed by atoms with Crippen LogP contribution in [0.5, 0.6) is 0 Å². The van der Waals surface area contributed by atoms with Crippen molar-refractivity contribution in [2.45, 2.75) is 39.5 Å². The smallest absolute Gasteiger partial charge is 0.289 e. The molecule has 156 valence electrons. The summed E-state index contributed by atoms with van der Waals surface area (Å²) >= 11 is 0. The van der Waals surface area contributed by atoms with E-state index in [9.17, 15) is 9.59 Å². The Kier molecular flexibility index (Phi) is 6.75. The quantitative estimate of drug-likeness (QED) is 0.786. The summed E-state index contributed by atoms with van der Waals surface area (Å²) in [6.45, 7) is 11.8. The molecular formula is C23H32N3O3+. The van der Waals surface area contributed by atoms with Crippen molar-refractivity contribution in [3.63, 3.8) is 0 Å². The number of hydrogen-bond donors (Lipinski definition) is 2. The SMILES string of the molecule is CC(C)c1cccc(C(C)C)c1NC(=O)C[NH+]1CCN(C(=O)c2ccco2)CC1. The number of anilines is 1. The van der Waals surface area contributed by atoms with Crippen molar-refractivity contribution in [2.75, 3.05) is 38.0 Å². The number of carbonyl (C=O) groups excluding carboxylic acids is 2. The van der Waals surface area contributed by atoms with Crippen molar-refractivity contribution in [1.29, 1.82) is 0 Å². The summed E-state index contributed by atoms with van der Waals surface area (Å²) in [5, 5.41) is 3.19. The van der Waals surface area contributed by atoms with Gasteiger partial charge in [-0.1, -0.05) is 45.9 Å². The van der Waals surface area contributed by atoms with Gasteiger partial charge >= 0.3 is 0 Å². The predicted octanol–water partition coefficient (Wildman–Crippen LogP) is 2.51. The standard InChI is InChI=1S/C23H31N3O3/c1-16(2)18-7-5-8-19(17(3)4)22(18)24-21(27)15-25-10-12-26(13-11-25)23(28)20-9-6-14-29-20/h5-9,14,16-17H,10-13,15H2,1-4H3,(H,24,27)/p+1. The topological polar surface area (TPSA) is 67.0 Å². The molecule has 0 atom stereocenters. The van der Waals surface area contributed by atoms with Crippen LogP contribution in [-0.4, -0.2) is 49.4 Å². The second-order valence-corrected chi connectivity index (χ2v) is 8.37. The molecule has 3 rings (SSSR count). The molecule has 29 heavy (non-hydrogen) atoms. The summed E-state index contributed by atoms with van der Waals surface area (Å²) in [4.78, 5) is 28.2. The first-order valence-corrected chi connectivity index (χ1v) is 10.5. The van der Waals surface area contributed by atoms with Crippen LogP contribution in [0.25, 0.3) is 0 Å². The molecule has 1 aromatic carbocycles. The molecule has 2 aromatic rings. The molecule has 1 aliphatic heterocycles. The number of nitrogens with zero attached hydrogens (tertiary/aromatic N) is 1. The van der Waals surface area contributed by atoms with Gasteiger partial charge in [0.15, 0.2) is 12.3 Å². The zero-order valence-electron chi connectivity index (χ0n) is 17.8. The maximum Gasteiger partial charge on any atom is 0.289 e. The van der Waals surface area contributed by atoms with Crippen molar-refractivity contribution >= 4 is 17.5 Å². The molecule has 0 unspecified atom stereocenters. The molecule has 0 saturated carbocycles. The lowest BCUT2D eigenvalue weighted by molar-refractivity contribution is -0.895. The normalized spacial score (nSPS) is 15.2. The molecule has 0 radical (unpaired) electrons. The summed E-state index contributed by atoms with van der Waals surface area (Å²) < 4.78 is 5.21. The molecule has 0 spiro atoms. The van der Waals surface area contributed by atoms with Crippen LogP contribution in [0.2, 0.25) is 0 Å². The number of benzene rings is 1. The average Bonchev–Trinajstić information content (AvgIpc) is 3.22. The van der Waals surface area contributed by atoms with Crippen LogP contribution in [0, 0.1) is 0 Å². The number of nitrogens with one attached hydrogen (secondary N) is 2. The molecule has 2 heterocycles. The van der Waals surface area contributed by atoms with E-state index in [2.05, 4.69) is 51.2 Å². The van der Waals surface area contributed by atoms with Crippen LogP contribution in [0.3, 0.4) is 0 Å². The third kappa shape index (κ3) is 5.07. The van der Waals surface area contributed by atoms with Gasteiger partial charge in [0, 0.05) is 5.69 Å². The molecule has 0 bridgehead atoms. The summed E-state index contributed by atoms with van der Waals surface area (Å²) in [5.41, 5.74) is 3.32. The Bertz CT molecular complexity index is 809. The van der Waals surface area contributed by atoms with Gasteiger partial charge in [-0.15, -0.1) is 0 Å². The highest BCUT2D eigenvalue weighted by atomic mass is 16.3. The van der Waals surface area contributed by atoms with Gasteiger partial charge in [-0.2, -0.15) is 0 Å². The van der Waals surface area contributed by atoms with Crippen molar-refractivity contribution in [3.05, 3.63) is 53.5 Å². The van der Waals surface area contributed by atoms with E-state index in [0.29, 0.717) is 37.2 Å². The summed E-state index contributed by atoms with van der Waals surface area (Å²) in [5.74, 6) is 1.00. The number of para-hydroxylation sites is 1. The number of rotatable bonds is 6. The average molecular weight is 399 g/mol. The van der Waals surface area contributed by atoms with Crippen LogP contribution in [-0.2, 0) is 4.79 Å². The van der Waals surface area contributed by atoms with Crippen LogP contribution < -0.4 is 10.2 Å². The summed E-state index contributed by atoms with van der Waals surface area (Å²) in [6.07, 6.45) is 1.51. The largest absolute Gasteiger partial charge is 0.459 e. The third-order valence-corrected chi connectivity index (χ3v) is 5.54. The lowest BCUT2D eigenvalue weighted by Crippen LogP contribution is -3.15. The minimum atomic E-state index is -0.0778. The Labute approximate surface area is 172 Å². The first-order chi connectivity index (χ1) is 13.9. The van der Waals surface area contributed by atoms with Crippen molar-refractivity contribution in [1.82, 2.24) is 4.90 Å². The van der Waals surface area contributed by atoms with E-state index in [1.165, 1.54) is 22.3 Å². The molecule has 2 amide bonds. The number of carbonyl (C=O) groups is 2.